The van der Waals surface area contributed by atoms with Crippen molar-refractivity contribution in [2.75, 3.05) is 0 Å². The van der Waals surface area contributed by atoms with E-state index in [2.05, 4.69) is 15.4 Å². The summed E-state index contributed by atoms with van der Waals surface area (Å²) in [5.41, 5.74) is 1.66. The normalized spacial score (nSPS) is 11.0. The van der Waals surface area contributed by atoms with Crippen molar-refractivity contribution < 1.29 is 18.5 Å². The highest BCUT2D eigenvalue weighted by Gasteiger charge is 2.24. The zero-order chi connectivity index (χ0) is 17.1. The lowest BCUT2D eigenvalue weighted by Gasteiger charge is -2.04. The average molecular weight is 327 g/mol. The number of rotatable bonds is 5. The number of carbonyl (C=O) groups excluding carboxylic acids is 1. The Morgan fingerprint density at radius 2 is 1.96 bits per heavy atom. The molecule has 2 aromatic heterocycles. The maximum absolute atomic E-state index is 12.3. The summed E-state index contributed by atoms with van der Waals surface area (Å²) in [6, 6.07) is 9.37. The number of aromatic nitrogens is 3. The molecular formula is C17H17N3O4. The van der Waals surface area contributed by atoms with Gasteiger partial charge in [-0.2, -0.15) is 0 Å². The molecule has 7 heteroatoms. The molecule has 24 heavy (non-hydrogen) atoms. The van der Waals surface area contributed by atoms with E-state index in [0.717, 1.165) is 5.56 Å². The minimum atomic E-state index is -0.517. The van der Waals surface area contributed by atoms with E-state index in [-0.39, 0.29) is 18.4 Å². The van der Waals surface area contributed by atoms with E-state index in [9.17, 15) is 4.79 Å². The lowest BCUT2D eigenvalue weighted by molar-refractivity contribution is 0.0434. The SMILES string of the molecule is Cc1noc(C(C)C)c1C(=O)OCc1nnc(-c2ccccc2)o1. The largest absolute Gasteiger partial charge is 0.452 e. The summed E-state index contributed by atoms with van der Waals surface area (Å²) in [6.45, 7) is 5.43. The van der Waals surface area contributed by atoms with E-state index in [0.29, 0.717) is 22.9 Å². The molecule has 0 fully saturated rings. The van der Waals surface area contributed by atoms with Crippen LogP contribution >= 0.6 is 0 Å². The zero-order valence-corrected chi connectivity index (χ0v) is 13.6. The Hall–Kier alpha value is -2.96. The molecule has 3 rings (SSSR count). The molecule has 0 unspecified atom stereocenters. The van der Waals surface area contributed by atoms with Gasteiger partial charge in [0.05, 0.1) is 5.69 Å². The van der Waals surface area contributed by atoms with Gasteiger partial charge in [0.1, 0.15) is 5.56 Å². The Labute approximate surface area is 138 Å². The second-order valence-electron chi connectivity index (χ2n) is 5.61. The van der Waals surface area contributed by atoms with Crippen LogP contribution in [0.2, 0.25) is 0 Å². The number of aryl methyl sites for hydroxylation is 1. The molecule has 0 amide bonds. The molecule has 0 saturated carbocycles. The summed E-state index contributed by atoms with van der Waals surface area (Å²) in [5.74, 6) is 0.625. The van der Waals surface area contributed by atoms with Crippen molar-refractivity contribution in [3.63, 3.8) is 0 Å². The summed E-state index contributed by atoms with van der Waals surface area (Å²) in [7, 11) is 0. The number of benzene rings is 1. The summed E-state index contributed by atoms with van der Waals surface area (Å²) in [4.78, 5) is 12.3. The third-order valence-electron chi connectivity index (χ3n) is 3.43. The van der Waals surface area contributed by atoms with Gasteiger partial charge >= 0.3 is 5.97 Å². The topological polar surface area (TPSA) is 91.2 Å². The molecule has 2 heterocycles. The molecule has 0 bridgehead atoms. The van der Waals surface area contributed by atoms with Gasteiger partial charge in [0.2, 0.25) is 5.89 Å². The van der Waals surface area contributed by atoms with Crippen molar-refractivity contribution in [1.82, 2.24) is 15.4 Å². The van der Waals surface area contributed by atoms with Crippen molar-refractivity contribution in [1.29, 1.82) is 0 Å². The molecule has 0 spiro atoms. The van der Waals surface area contributed by atoms with Gasteiger partial charge in [0.25, 0.3) is 5.89 Å². The predicted octanol–water partition coefficient (Wildman–Crippen LogP) is 3.51. The Morgan fingerprint density at radius 1 is 1.21 bits per heavy atom. The molecule has 0 radical (unpaired) electrons. The van der Waals surface area contributed by atoms with Gasteiger partial charge in [-0.05, 0) is 19.1 Å². The number of ether oxygens (including phenoxy) is 1. The summed E-state index contributed by atoms with van der Waals surface area (Å²) in [5, 5.41) is 11.7. The molecule has 0 aliphatic rings. The van der Waals surface area contributed by atoms with Crippen LogP contribution in [0.1, 0.15) is 47.5 Å². The first-order chi connectivity index (χ1) is 11.6. The fraction of sp³-hybridized carbons (Fsp3) is 0.294. The van der Waals surface area contributed by atoms with Crippen LogP contribution in [-0.4, -0.2) is 21.3 Å². The Kier molecular flexibility index (Phi) is 4.41. The van der Waals surface area contributed by atoms with E-state index < -0.39 is 5.97 Å². The molecule has 0 aliphatic carbocycles. The maximum Gasteiger partial charge on any atom is 0.344 e. The van der Waals surface area contributed by atoms with Crippen LogP contribution in [0.25, 0.3) is 11.5 Å². The van der Waals surface area contributed by atoms with Crippen LogP contribution < -0.4 is 0 Å². The van der Waals surface area contributed by atoms with Crippen molar-refractivity contribution >= 4 is 5.97 Å². The highest BCUT2D eigenvalue weighted by atomic mass is 16.5. The van der Waals surface area contributed by atoms with Crippen LogP contribution in [-0.2, 0) is 11.3 Å². The van der Waals surface area contributed by atoms with Gasteiger partial charge < -0.3 is 13.7 Å². The van der Waals surface area contributed by atoms with Crippen LogP contribution in [0.5, 0.6) is 0 Å². The third-order valence-corrected chi connectivity index (χ3v) is 3.43. The molecule has 0 N–H and O–H groups in total. The quantitative estimate of drug-likeness (QED) is 0.662. The van der Waals surface area contributed by atoms with Crippen LogP contribution in [0.3, 0.4) is 0 Å². The van der Waals surface area contributed by atoms with E-state index >= 15 is 0 Å². The molecular weight excluding hydrogens is 310 g/mol. The van der Waals surface area contributed by atoms with Crippen molar-refractivity contribution in [2.24, 2.45) is 0 Å². The van der Waals surface area contributed by atoms with Gasteiger partial charge in [-0.25, -0.2) is 4.79 Å². The molecule has 124 valence electrons. The average Bonchev–Trinajstić information content (AvgIpc) is 3.20. The van der Waals surface area contributed by atoms with Gasteiger partial charge in [0, 0.05) is 11.5 Å². The van der Waals surface area contributed by atoms with Crippen molar-refractivity contribution in [3.05, 3.63) is 53.2 Å². The zero-order valence-electron chi connectivity index (χ0n) is 13.6. The Balaban J connectivity index is 1.70. The fourth-order valence-corrected chi connectivity index (χ4v) is 2.24. The van der Waals surface area contributed by atoms with E-state index in [1.165, 1.54) is 0 Å². The predicted molar refractivity (Wildman–Crippen MR) is 84.2 cm³/mol. The maximum atomic E-state index is 12.3. The van der Waals surface area contributed by atoms with Gasteiger partial charge in [-0.3, -0.25) is 0 Å². The number of nitrogens with zero attached hydrogens (tertiary/aromatic N) is 3. The second kappa shape index (κ2) is 6.66. The van der Waals surface area contributed by atoms with Gasteiger partial charge in [0.15, 0.2) is 12.4 Å². The number of esters is 1. The Morgan fingerprint density at radius 3 is 2.67 bits per heavy atom. The first-order valence-corrected chi connectivity index (χ1v) is 7.57. The van der Waals surface area contributed by atoms with Crippen LogP contribution in [0.15, 0.2) is 39.3 Å². The van der Waals surface area contributed by atoms with Gasteiger partial charge in [-0.1, -0.05) is 37.2 Å². The highest BCUT2D eigenvalue weighted by Crippen LogP contribution is 2.23. The van der Waals surface area contributed by atoms with Crippen molar-refractivity contribution in [3.8, 4) is 11.5 Å². The van der Waals surface area contributed by atoms with E-state index in [1.54, 1.807) is 6.92 Å². The highest BCUT2D eigenvalue weighted by molar-refractivity contribution is 5.91. The Bertz CT molecular complexity index is 837. The van der Waals surface area contributed by atoms with E-state index in [1.807, 2.05) is 44.2 Å². The lowest BCUT2D eigenvalue weighted by atomic mass is 10.1. The standard InChI is InChI=1S/C17H17N3O4/c1-10(2)15-14(11(3)20-24-15)17(21)22-9-13-18-19-16(23-13)12-7-5-4-6-8-12/h4-8,10H,9H2,1-3H3. The number of hydrogen-bond acceptors (Lipinski definition) is 7. The molecule has 0 aliphatic heterocycles. The van der Waals surface area contributed by atoms with E-state index in [4.69, 9.17) is 13.7 Å². The van der Waals surface area contributed by atoms with Gasteiger partial charge in [-0.15, -0.1) is 10.2 Å². The fourth-order valence-electron chi connectivity index (χ4n) is 2.24. The molecule has 0 atom stereocenters. The summed E-state index contributed by atoms with van der Waals surface area (Å²) >= 11 is 0. The molecule has 3 aromatic rings. The molecule has 1 aromatic carbocycles. The minimum Gasteiger partial charge on any atom is -0.452 e. The van der Waals surface area contributed by atoms with Crippen molar-refractivity contribution in [2.45, 2.75) is 33.3 Å². The molecule has 0 saturated heterocycles. The first kappa shape index (κ1) is 15.9. The number of hydrogen-bond donors (Lipinski definition) is 0. The lowest BCUT2D eigenvalue weighted by Crippen LogP contribution is -2.09. The monoisotopic (exact) mass is 327 g/mol. The molecule has 7 nitrogen and oxygen atoms in total. The van der Waals surface area contributed by atoms with Crippen LogP contribution in [0, 0.1) is 6.92 Å². The first-order valence-electron chi connectivity index (χ1n) is 7.57. The smallest absolute Gasteiger partial charge is 0.344 e. The summed E-state index contributed by atoms with van der Waals surface area (Å²) < 4.78 is 16.0. The third kappa shape index (κ3) is 3.19. The van der Waals surface area contributed by atoms with Crippen LogP contribution in [0.4, 0.5) is 0 Å². The second-order valence-corrected chi connectivity index (χ2v) is 5.61. The number of carbonyl (C=O) groups is 1. The minimum absolute atomic E-state index is 0.0295. The summed E-state index contributed by atoms with van der Waals surface area (Å²) in [6.07, 6.45) is 0.